The van der Waals surface area contributed by atoms with Crippen molar-refractivity contribution >= 4 is 46.3 Å². The zero-order valence-electron chi connectivity index (χ0n) is 17.9. The molecule has 1 aliphatic rings. The third kappa shape index (κ3) is 3.94. The molecule has 1 aromatic heterocycles. The number of nitrogens with zero attached hydrogens (tertiary/aromatic N) is 1. The number of Topliss-reactive ketones (excluding diaryl/α,β-unsaturated/α-hetero) is 1. The number of ether oxygens (including phenoxy) is 2. The minimum atomic E-state index is -1.05. The highest BCUT2D eigenvalue weighted by atomic mass is 35.5. The van der Waals surface area contributed by atoms with Crippen LogP contribution < -0.4 is 14.4 Å². The van der Waals surface area contributed by atoms with Gasteiger partial charge in [-0.05, 0) is 43.3 Å². The Labute approximate surface area is 199 Å². The van der Waals surface area contributed by atoms with Crippen molar-refractivity contribution in [2.24, 2.45) is 0 Å². The van der Waals surface area contributed by atoms with E-state index in [-0.39, 0.29) is 26.9 Å². The predicted octanol–water partition coefficient (Wildman–Crippen LogP) is 5.54. The van der Waals surface area contributed by atoms with E-state index in [2.05, 4.69) is 0 Å². The molecule has 2 heterocycles. The number of hydrogen-bond acceptors (Lipinski definition) is 6. The minimum Gasteiger partial charge on any atom is -0.507 e. The lowest BCUT2D eigenvalue weighted by Crippen LogP contribution is -2.29. The monoisotopic (exact) mass is 487 g/mol. The van der Waals surface area contributed by atoms with E-state index in [1.807, 2.05) is 0 Å². The number of halogens is 2. The molecule has 9 heteroatoms. The lowest BCUT2D eigenvalue weighted by molar-refractivity contribution is -0.132. The summed E-state index contributed by atoms with van der Waals surface area (Å²) in [5, 5.41) is 11.6. The third-order valence-electron chi connectivity index (χ3n) is 5.27. The van der Waals surface area contributed by atoms with Crippen molar-refractivity contribution in [2.45, 2.75) is 13.0 Å². The van der Waals surface area contributed by atoms with Gasteiger partial charge in [0.2, 0.25) is 0 Å². The number of amides is 1. The Morgan fingerprint density at radius 3 is 2.45 bits per heavy atom. The first-order chi connectivity index (χ1) is 15.8. The number of furan rings is 1. The van der Waals surface area contributed by atoms with Crippen LogP contribution in [0.3, 0.4) is 0 Å². The fraction of sp³-hybridized carbons (Fsp3) is 0.167. The van der Waals surface area contributed by atoms with E-state index in [1.54, 1.807) is 43.3 Å². The van der Waals surface area contributed by atoms with Crippen LogP contribution in [-0.4, -0.2) is 31.0 Å². The summed E-state index contributed by atoms with van der Waals surface area (Å²) >= 11 is 12.4. The van der Waals surface area contributed by atoms with Crippen LogP contribution in [0.5, 0.6) is 11.5 Å². The number of anilines is 1. The molecule has 0 aliphatic carbocycles. The van der Waals surface area contributed by atoms with Crippen LogP contribution in [0.1, 0.15) is 23.1 Å². The molecule has 1 amide bonds. The number of aliphatic hydroxyl groups is 1. The van der Waals surface area contributed by atoms with E-state index in [1.165, 1.54) is 31.3 Å². The molecule has 1 atom stereocenters. The van der Waals surface area contributed by atoms with Gasteiger partial charge in [-0.25, -0.2) is 0 Å². The van der Waals surface area contributed by atoms with E-state index >= 15 is 0 Å². The summed E-state index contributed by atoms with van der Waals surface area (Å²) in [5.74, 6) is -0.747. The molecule has 0 spiro atoms. The Hall–Kier alpha value is -3.42. The summed E-state index contributed by atoms with van der Waals surface area (Å²) in [5.41, 5.74) is 0.284. The molecule has 1 fully saturated rings. The molecule has 0 bridgehead atoms. The number of aryl methyl sites for hydroxylation is 1. The van der Waals surface area contributed by atoms with Crippen LogP contribution in [0.15, 0.2) is 58.5 Å². The van der Waals surface area contributed by atoms with E-state index in [0.29, 0.717) is 23.0 Å². The van der Waals surface area contributed by atoms with E-state index in [0.717, 1.165) is 0 Å². The quantitative estimate of drug-likeness (QED) is 0.288. The summed E-state index contributed by atoms with van der Waals surface area (Å²) in [7, 11) is 2.86. The number of aliphatic hydroxyl groups excluding tert-OH is 1. The predicted molar refractivity (Wildman–Crippen MR) is 124 cm³/mol. The Morgan fingerprint density at radius 2 is 1.82 bits per heavy atom. The summed E-state index contributed by atoms with van der Waals surface area (Å²) < 4.78 is 16.4. The highest BCUT2D eigenvalue weighted by Gasteiger charge is 2.48. The molecule has 2 aromatic carbocycles. The van der Waals surface area contributed by atoms with E-state index < -0.39 is 23.5 Å². The summed E-state index contributed by atoms with van der Waals surface area (Å²) in [4.78, 5) is 27.7. The van der Waals surface area contributed by atoms with Gasteiger partial charge in [-0.1, -0.05) is 29.3 Å². The van der Waals surface area contributed by atoms with Crippen LogP contribution in [0.25, 0.3) is 5.76 Å². The van der Waals surface area contributed by atoms with Crippen molar-refractivity contribution in [3.05, 3.63) is 81.2 Å². The van der Waals surface area contributed by atoms with Gasteiger partial charge in [0.1, 0.15) is 34.8 Å². The fourth-order valence-corrected chi connectivity index (χ4v) is 4.39. The Morgan fingerprint density at radius 1 is 1.06 bits per heavy atom. The molecular weight excluding hydrogens is 469 g/mol. The largest absolute Gasteiger partial charge is 0.507 e. The van der Waals surface area contributed by atoms with Crippen LogP contribution >= 0.6 is 23.2 Å². The summed E-state index contributed by atoms with van der Waals surface area (Å²) in [6.45, 7) is 1.74. The number of carbonyl (C=O) groups excluding carboxylic acids is 2. The number of hydrogen-bond donors (Lipinski definition) is 1. The number of rotatable bonds is 5. The number of ketones is 1. The molecule has 1 aliphatic heterocycles. The fourth-order valence-electron chi connectivity index (χ4n) is 3.82. The molecular formula is C24H19Cl2NO6. The summed E-state index contributed by atoms with van der Waals surface area (Å²) in [6, 6.07) is 11.8. The maximum atomic E-state index is 13.2. The Bertz CT molecular complexity index is 1300. The molecule has 3 aromatic rings. The molecule has 7 nitrogen and oxygen atoms in total. The van der Waals surface area contributed by atoms with Gasteiger partial charge < -0.3 is 19.0 Å². The zero-order chi connectivity index (χ0) is 23.9. The average Bonchev–Trinajstić information content (AvgIpc) is 3.33. The van der Waals surface area contributed by atoms with Gasteiger partial charge in [0, 0.05) is 16.8 Å². The van der Waals surface area contributed by atoms with Gasteiger partial charge in [-0.15, -0.1) is 0 Å². The lowest BCUT2D eigenvalue weighted by atomic mass is 9.98. The maximum Gasteiger partial charge on any atom is 0.300 e. The Kier molecular flexibility index (Phi) is 6.10. The zero-order valence-corrected chi connectivity index (χ0v) is 19.4. The van der Waals surface area contributed by atoms with Crippen molar-refractivity contribution in [3.63, 3.8) is 0 Å². The van der Waals surface area contributed by atoms with Crippen molar-refractivity contribution in [3.8, 4) is 11.5 Å². The second-order valence-electron chi connectivity index (χ2n) is 7.29. The van der Waals surface area contributed by atoms with Gasteiger partial charge in [0.15, 0.2) is 0 Å². The van der Waals surface area contributed by atoms with E-state index in [9.17, 15) is 14.7 Å². The van der Waals surface area contributed by atoms with Crippen molar-refractivity contribution in [2.75, 3.05) is 19.1 Å². The molecule has 1 saturated heterocycles. The summed E-state index contributed by atoms with van der Waals surface area (Å²) in [6.07, 6.45) is 0. The lowest BCUT2D eigenvalue weighted by Gasteiger charge is -2.24. The molecule has 1 unspecified atom stereocenters. The number of methoxy groups -OCH3 is 2. The average molecular weight is 488 g/mol. The highest BCUT2D eigenvalue weighted by molar-refractivity contribution is 6.51. The van der Waals surface area contributed by atoms with Gasteiger partial charge >= 0.3 is 0 Å². The third-order valence-corrected chi connectivity index (χ3v) is 5.77. The van der Waals surface area contributed by atoms with Gasteiger partial charge in [-0.3, -0.25) is 14.5 Å². The first kappa shape index (κ1) is 22.8. The van der Waals surface area contributed by atoms with Crippen LogP contribution in [0, 0.1) is 6.92 Å². The van der Waals surface area contributed by atoms with E-state index in [4.69, 9.17) is 37.1 Å². The van der Waals surface area contributed by atoms with Crippen LogP contribution in [0.2, 0.25) is 10.0 Å². The minimum absolute atomic E-state index is 0.0759. The second-order valence-corrected chi connectivity index (χ2v) is 8.13. The molecule has 0 radical (unpaired) electrons. The normalized spacial score (nSPS) is 17.5. The Balaban J connectivity index is 1.99. The first-order valence-electron chi connectivity index (χ1n) is 9.81. The molecule has 4 rings (SSSR count). The van der Waals surface area contributed by atoms with Gasteiger partial charge in [-0.2, -0.15) is 0 Å². The maximum absolute atomic E-state index is 13.2. The molecule has 0 saturated carbocycles. The van der Waals surface area contributed by atoms with Crippen molar-refractivity contribution < 1.29 is 28.6 Å². The smallest absolute Gasteiger partial charge is 0.300 e. The molecule has 33 heavy (non-hydrogen) atoms. The van der Waals surface area contributed by atoms with Gasteiger partial charge in [0.25, 0.3) is 11.7 Å². The highest BCUT2D eigenvalue weighted by Crippen LogP contribution is 2.45. The SMILES string of the molecule is COc1cccc(N2C(=O)C(=O)/C(=C(/O)c3cc(Cl)cc(Cl)c3OC)C2c2ccc(C)o2)c1. The van der Waals surface area contributed by atoms with Crippen LogP contribution in [-0.2, 0) is 9.59 Å². The molecule has 1 N–H and O–H groups in total. The first-order valence-corrected chi connectivity index (χ1v) is 10.6. The van der Waals surface area contributed by atoms with Crippen molar-refractivity contribution in [1.29, 1.82) is 0 Å². The number of carbonyl (C=O) groups is 2. The standard InChI is InChI=1S/C24H19Cl2NO6/c1-12-7-8-18(33-12)20-19(21(28)16-9-13(25)10-17(26)23(16)32-3)22(29)24(30)27(20)14-5-4-6-15(11-14)31-2/h4-11,20,28H,1-3H3/b21-19+. The topological polar surface area (TPSA) is 89.2 Å². The molecule has 170 valence electrons. The van der Waals surface area contributed by atoms with Crippen molar-refractivity contribution in [1.82, 2.24) is 0 Å². The number of benzene rings is 2. The van der Waals surface area contributed by atoms with Gasteiger partial charge in [0.05, 0.1) is 30.4 Å². The van der Waals surface area contributed by atoms with Crippen LogP contribution in [0.4, 0.5) is 5.69 Å². The second kappa shape index (κ2) is 8.84.